The van der Waals surface area contributed by atoms with Gasteiger partial charge in [-0.05, 0) is 37.5 Å². The number of urea groups is 1. The number of carbonyl (C=O) groups is 3. The van der Waals surface area contributed by atoms with Crippen LogP contribution in [-0.2, 0) is 21.1 Å². The number of carbonyl (C=O) groups excluding carboxylic acids is 3. The monoisotopic (exact) mass is 455 g/mol. The summed E-state index contributed by atoms with van der Waals surface area (Å²) in [5.74, 6) is -1.49. The standard InChI is InChI=1S/C21H21N5O5S/c1-21(12-11-14-8-4-3-5-9-14)18(28)26(19(29)23-21)24-17(27)16-15-10-6-7-13-25(15)20(22-16)32(2,30)31/h3-10,13H,11-12H2,1-2H3,(H,23,29)(H,24,27). The van der Waals surface area contributed by atoms with E-state index in [1.54, 1.807) is 19.1 Å². The third-order valence-corrected chi connectivity index (χ3v) is 6.24. The molecule has 11 heteroatoms. The van der Waals surface area contributed by atoms with Crippen molar-refractivity contribution in [1.82, 2.24) is 25.1 Å². The average Bonchev–Trinajstić information content (AvgIpc) is 3.25. The van der Waals surface area contributed by atoms with Gasteiger partial charge in [0.2, 0.25) is 15.0 Å². The van der Waals surface area contributed by atoms with E-state index < -0.39 is 33.2 Å². The summed E-state index contributed by atoms with van der Waals surface area (Å²) >= 11 is 0. The Morgan fingerprint density at radius 2 is 1.81 bits per heavy atom. The minimum atomic E-state index is -3.73. The van der Waals surface area contributed by atoms with Crippen molar-refractivity contribution in [3.63, 3.8) is 0 Å². The second kappa shape index (κ2) is 7.75. The highest BCUT2D eigenvalue weighted by molar-refractivity contribution is 7.90. The molecular weight excluding hydrogens is 434 g/mol. The van der Waals surface area contributed by atoms with Crippen LogP contribution in [0.5, 0.6) is 0 Å². The van der Waals surface area contributed by atoms with Gasteiger partial charge in [-0.3, -0.25) is 19.4 Å². The van der Waals surface area contributed by atoms with E-state index in [0.29, 0.717) is 17.9 Å². The lowest BCUT2D eigenvalue weighted by atomic mass is 9.93. The third kappa shape index (κ3) is 3.82. The SMILES string of the molecule is CC1(CCc2ccccc2)NC(=O)N(NC(=O)c2nc(S(C)(=O)=O)n3ccccc23)C1=O. The summed E-state index contributed by atoms with van der Waals surface area (Å²) in [4.78, 5) is 42.3. The molecule has 4 amide bonds. The highest BCUT2D eigenvalue weighted by Crippen LogP contribution is 2.23. The van der Waals surface area contributed by atoms with E-state index in [4.69, 9.17) is 0 Å². The van der Waals surface area contributed by atoms with Gasteiger partial charge in [0, 0.05) is 12.5 Å². The van der Waals surface area contributed by atoms with Crippen LogP contribution in [0, 0.1) is 0 Å². The first-order chi connectivity index (χ1) is 15.1. The summed E-state index contributed by atoms with van der Waals surface area (Å²) in [5, 5.41) is 2.92. The quantitative estimate of drug-likeness (QED) is 0.540. The smallest absolute Gasteiger partial charge is 0.322 e. The largest absolute Gasteiger partial charge is 0.344 e. The van der Waals surface area contributed by atoms with Gasteiger partial charge in [-0.1, -0.05) is 36.4 Å². The summed E-state index contributed by atoms with van der Waals surface area (Å²) in [6.07, 6.45) is 3.32. The highest BCUT2D eigenvalue weighted by Gasteiger charge is 2.48. The van der Waals surface area contributed by atoms with Gasteiger partial charge in [0.15, 0.2) is 5.69 Å². The van der Waals surface area contributed by atoms with E-state index in [1.165, 1.54) is 16.7 Å². The van der Waals surface area contributed by atoms with E-state index in [0.717, 1.165) is 11.8 Å². The number of aromatic nitrogens is 2. The van der Waals surface area contributed by atoms with Crippen LogP contribution in [-0.4, -0.2) is 52.5 Å². The first-order valence-corrected chi connectivity index (χ1v) is 11.7. The van der Waals surface area contributed by atoms with Gasteiger partial charge in [0.05, 0.1) is 5.52 Å². The van der Waals surface area contributed by atoms with Crippen molar-refractivity contribution in [2.24, 2.45) is 0 Å². The number of amides is 4. The number of pyridine rings is 1. The molecule has 0 bridgehead atoms. The van der Waals surface area contributed by atoms with Gasteiger partial charge in [-0.2, -0.15) is 5.01 Å². The molecule has 1 atom stereocenters. The van der Waals surface area contributed by atoms with Crippen LogP contribution in [0.2, 0.25) is 0 Å². The van der Waals surface area contributed by atoms with E-state index in [9.17, 15) is 22.8 Å². The van der Waals surface area contributed by atoms with Crippen molar-refractivity contribution in [2.45, 2.75) is 30.5 Å². The zero-order valence-electron chi connectivity index (χ0n) is 17.4. The molecule has 1 aliphatic rings. The van der Waals surface area contributed by atoms with E-state index in [-0.39, 0.29) is 16.4 Å². The van der Waals surface area contributed by atoms with Crippen molar-refractivity contribution < 1.29 is 22.8 Å². The second-order valence-corrected chi connectivity index (χ2v) is 9.71. The Balaban J connectivity index is 1.56. The Labute approximate surface area is 184 Å². The number of benzene rings is 1. The first kappa shape index (κ1) is 21.5. The predicted molar refractivity (Wildman–Crippen MR) is 114 cm³/mol. The number of nitrogens with zero attached hydrogens (tertiary/aromatic N) is 3. The molecule has 0 aliphatic carbocycles. The molecule has 4 rings (SSSR count). The first-order valence-electron chi connectivity index (χ1n) is 9.79. The molecule has 0 saturated carbocycles. The molecule has 3 heterocycles. The number of hydrogen-bond acceptors (Lipinski definition) is 6. The van der Waals surface area contributed by atoms with Gasteiger partial charge in [-0.25, -0.2) is 18.2 Å². The summed E-state index contributed by atoms with van der Waals surface area (Å²) in [6, 6.07) is 13.5. The lowest BCUT2D eigenvalue weighted by Gasteiger charge is -2.21. The number of fused-ring (bicyclic) bond motifs is 1. The molecule has 166 valence electrons. The maximum absolute atomic E-state index is 13.0. The Hall–Kier alpha value is -3.73. The van der Waals surface area contributed by atoms with Gasteiger partial charge >= 0.3 is 6.03 Å². The molecule has 1 aliphatic heterocycles. The fourth-order valence-electron chi connectivity index (χ4n) is 3.59. The van der Waals surface area contributed by atoms with E-state index >= 15 is 0 Å². The Bertz CT molecular complexity index is 1340. The Kier molecular flexibility index (Phi) is 5.21. The summed E-state index contributed by atoms with van der Waals surface area (Å²) < 4.78 is 25.4. The molecule has 0 radical (unpaired) electrons. The minimum Gasteiger partial charge on any atom is -0.322 e. The molecule has 1 saturated heterocycles. The minimum absolute atomic E-state index is 0.218. The molecule has 1 aromatic carbocycles. The number of sulfone groups is 1. The van der Waals surface area contributed by atoms with Gasteiger partial charge in [0.1, 0.15) is 5.54 Å². The molecule has 0 spiro atoms. The van der Waals surface area contributed by atoms with Crippen LogP contribution < -0.4 is 10.7 Å². The molecule has 2 N–H and O–H groups in total. The number of hydrogen-bond donors (Lipinski definition) is 2. The van der Waals surface area contributed by atoms with Crippen molar-refractivity contribution >= 4 is 33.2 Å². The lowest BCUT2D eigenvalue weighted by Crippen LogP contribution is -2.49. The van der Waals surface area contributed by atoms with Crippen molar-refractivity contribution in [3.05, 3.63) is 66.0 Å². The van der Waals surface area contributed by atoms with Crippen LogP contribution in [0.25, 0.3) is 5.52 Å². The number of nitrogens with one attached hydrogen (secondary N) is 2. The molecule has 10 nitrogen and oxygen atoms in total. The number of hydrazine groups is 1. The molecular formula is C21H21N5O5S. The summed E-state index contributed by atoms with van der Waals surface area (Å²) in [7, 11) is -3.73. The highest BCUT2D eigenvalue weighted by atomic mass is 32.2. The Morgan fingerprint density at radius 1 is 1.12 bits per heavy atom. The zero-order valence-corrected chi connectivity index (χ0v) is 18.2. The Morgan fingerprint density at radius 3 is 2.50 bits per heavy atom. The van der Waals surface area contributed by atoms with E-state index in [1.807, 2.05) is 30.3 Å². The third-order valence-electron chi connectivity index (χ3n) is 5.29. The number of aryl methyl sites for hydroxylation is 1. The second-order valence-electron chi connectivity index (χ2n) is 7.80. The summed E-state index contributed by atoms with van der Waals surface area (Å²) in [6.45, 7) is 1.59. The fourth-order valence-corrected chi connectivity index (χ4v) is 4.36. The van der Waals surface area contributed by atoms with Gasteiger partial charge < -0.3 is 5.32 Å². The van der Waals surface area contributed by atoms with Crippen LogP contribution in [0.15, 0.2) is 59.9 Å². The number of rotatable bonds is 6. The van der Waals surface area contributed by atoms with Gasteiger partial charge in [0.25, 0.3) is 11.8 Å². The van der Waals surface area contributed by atoms with Gasteiger partial charge in [-0.15, -0.1) is 0 Å². The topological polar surface area (TPSA) is 130 Å². The van der Waals surface area contributed by atoms with Crippen molar-refractivity contribution in [3.8, 4) is 0 Å². The predicted octanol–water partition coefficient (Wildman–Crippen LogP) is 1.33. The van der Waals surface area contributed by atoms with Crippen LogP contribution in [0.4, 0.5) is 4.79 Å². The maximum atomic E-state index is 13.0. The normalized spacial score (nSPS) is 18.8. The maximum Gasteiger partial charge on any atom is 0.344 e. The molecule has 1 fully saturated rings. The van der Waals surface area contributed by atoms with Crippen LogP contribution in [0.1, 0.15) is 29.4 Å². The number of imide groups is 1. The van der Waals surface area contributed by atoms with Crippen molar-refractivity contribution in [2.75, 3.05) is 6.26 Å². The zero-order chi connectivity index (χ0) is 23.1. The van der Waals surface area contributed by atoms with Crippen LogP contribution in [0.3, 0.4) is 0 Å². The van der Waals surface area contributed by atoms with E-state index in [2.05, 4.69) is 15.7 Å². The lowest BCUT2D eigenvalue weighted by molar-refractivity contribution is -0.132. The molecule has 32 heavy (non-hydrogen) atoms. The van der Waals surface area contributed by atoms with Crippen molar-refractivity contribution in [1.29, 1.82) is 0 Å². The molecule has 3 aromatic rings. The number of imidazole rings is 1. The average molecular weight is 455 g/mol. The molecule has 1 unspecified atom stereocenters. The summed E-state index contributed by atoms with van der Waals surface area (Å²) in [5.41, 5.74) is 2.09. The van der Waals surface area contributed by atoms with Crippen LogP contribution >= 0.6 is 0 Å². The molecule has 2 aromatic heterocycles. The fraction of sp³-hybridized carbons (Fsp3) is 0.238.